The minimum atomic E-state index is -0.479. The maximum absolute atomic E-state index is 12.8. The molecule has 0 saturated heterocycles. The zero-order valence-corrected chi connectivity index (χ0v) is 10.4. The molecule has 0 aromatic heterocycles. The van der Waals surface area contributed by atoms with Crippen LogP contribution in [0.5, 0.6) is 0 Å². The summed E-state index contributed by atoms with van der Waals surface area (Å²) in [5, 5.41) is 0. The van der Waals surface area contributed by atoms with Crippen molar-refractivity contribution >= 4 is 18.3 Å². The number of carbonyl (C=O) groups excluding carboxylic acids is 2. The number of hydrogen-bond donors (Lipinski definition) is 0. The first-order valence-corrected chi connectivity index (χ1v) is 5.56. The van der Waals surface area contributed by atoms with Gasteiger partial charge >= 0.3 is 5.97 Å². The largest absolute Gasteiger partial charge is 0.466 e. The minimum absolute atomic E-state index is 0.268. The molecule has 1 aromatic carbocycles. The Morgan fingerprint density at radius 2 is 2.00 bits per heavy atom. The van der Waals surface area contributed by atoms with Crippen LogP contribution in [0.2, 0.25) is 0 Å². The molecule has 0 heterocycles. The van der Waals surface area contributed by atoms with Gasteiger partial charge in [0.1, 0.15) is 12.1 Å². The molecule has 4 heteroatoms. The Bertz CT molecular complexity index is 449. The second-order valence-corrected chi connectivity index (χ2v) is 4.03. The summed E-state index contributed by atoms with van der Waals surface area (Å²) in [6.07, 6.45) is 2.68. The second kappa shape index (κ2) is 6.69. The molecule has 1 rings (SSSR count). The Morgan fingerprint density at radius 1 is 1.39 bits per heavy atom. The number of aldehydes is 1. The molecule has 0 aliphatic carbocycles. The van der Waals surface area contributed by atoms with Crippen LogP contribution in [0.15, 0.2) is 29.8 Å². The van der Waals surface area contributed by atoms with E-state index in [4.69, 9.17) is 0 Å². The summed E-state index contributed by atoms with van der Waals surface area (Å²) in [6, 6.07) is 5.74. The highest BCUT2D eigenvalue weighted by Crippen LogP contribution is 2.16. The van der Waals surface area contributed by atoms with E-state index in [0.29, 0.717) is 17.6 Å². The third kappa shape index (κ3) is 4.13. The first kappa shape index (κ1) is 14.1. The summed E-state index contributed by atoms with van der Waals surface area (Å²) in [7, 11) is 1.28. The van der Waals surface area contributed by atoms with Crippen molar-refractivity contribution in [3.8, 4) is 0 Å². The molecule has 1 aromatic rings. The Kier molecular flexibility index (Phi) is 5.24. The summed E-state index contributed by atoms with van der Waals surface area (Å²) < 4.78 is 17.4. The van der Waals surface area contributed by atoms with Gasteiger partial charge in [-0.25, -0.2) is 9.18 Å². The highest BCUT2D eigenvalue weighted by Gasteiger charge is 2.13. The summed E-state index contributed by atoms with van der Waals surface area (Å²) in [4.78, 5) is 22.2. The van der Waals surface area contributed by atoms with Gasteiger partial charge in [0.05, 0.1) is 7.11 Å². The molecule has 0 saturated carbocycles. The van der Waals surface area contributed by atoms with Crippen LogP contribution in [0.25, 0.3) is 6.08 Å². The maximum atomic E-state index is 12.8. The lowest BCUT2D eigenvalue weighted by Gasteiger charge is -2.07. The van der Waals surface area contributed by atoms with Gasteiger partial charge in [0.15, 0.2) is 0 Å². The molecule has 1 atom stereocenters. The van der Waals surface area contributed by atoms with E-state index in [2.05, 4.69) is 4.74 Å². The molecule has 0 N–H and O–H groups in total. The molecular weight excluding hydrogens is 235 g/mol. The van der Waals surface area contributed by atoms with Gasteiger partial charge in [-0.2, -0.15) is 0 Å². The molecule has 0 fully saturated rings. The van der Waals surface area contributed by atoms with Crippen LogP contribution < -0.4 is 0 Å². The van der Waals surface area contributed by atoms with Crippen LogP contribution in [0.1, 0.15) is 18.9 Å². The quantitative estimate of drug-likeness (QED) is 0.458. The molecule has 0 aliphatic heterocycles. The van der Waals surface area contributed by atoms with Crippen LogP contribution in [-0.4, -0.2) is 19.4 Å². The SMILES string of the molecule is COC(=O)C(=Cc1ccc(F)cc1)CC(C)C=O. The highest BCUT2D eigenvalue weighted by molar-refractivity contribution is 5.94. The van der Waals surface area contributed by atoms with Crippen molar-refractivity contribution < 1.29 is 18.7 Å². The number of carbonyl (C=O) groups is 2. The molecule has 1 unspecified atom stereocenters. The normalized spacial score (nSPS) is 12.9. The number of rotatable bonds is 5. The monoisotopic (exact) mass is 250 g/mol. The van der Waals surface area contributed by atoms with Crippen molar-refractivity contribution in [2.45, 2.75) is 13.3 Å². The Labute approximate surface area is 105 Å². The molecule has 0 amide bonds. The van der Waals surface area contributed by atoms with E-state index in [1.165, 1.54) is 19.2 Å². The lowest BCUT2D eigenvalue weighted by atomic mass is 10.0. The van der Waals surface area contributed by atoms with Gasteiger partial charge in [-0.05, 0) is 30.2 Å². The van der Waals surface area contributed by atoms with Crippen molar-refractivity contribution in [2.24, 2.45) is 5.92 Å². The van der Waals surface area contributed by atoms with E-state index in [1.54, 1.807) is 25.1 Å². The molecule has 96 valence electrons. The van der Waals surface area contributed by atoms with Crippen molar-refractivity contribution in [1.82, 2.24) is 0 Å². The second-order valence-electron chi connectivity index (χ2n) is 4.03. The molecule has 0 spiro atoms. The number of hydrogen-bond acceptors (Lipinski definition) is 3. The van der Waals surface area contributed by atoms with Gasteiger partial charge < -0.3 is 9.53 Å². The van der Waals surface area contributed by atoms with Gasteiger partial charge in [-0.15, -0.1) is 0 Å². The number of esters is 1. The standard InChI is InChI=1S/C14H15FO3/c1-10(9-16)7-12(14(17)18-2)8-11-3-5-13(15)6-4-11/h3-6,8-10H,7H2,1-2H3. The highest BCUT2D eigenvalue weighted by atomic mass is 19.1. The predicted octanol–water partition coefficient (Wildman–Crippen LogP) is 2.61. The fraction of sp³-hybridized carbons (Fsp3) is 0.286. The average molecular weight is 250 g/mol. The third-order valence-corrected chi connectivity index (χ3v) is 2.43. The van der Waals surface area contributed by atoms with Gasteiger partial charge in [0, 0.05) is 11.5 Å². The zero-order valence-electron chi connectivity index (χ0n) is 10.4. The van der Waals surface area contributed by atoms with Crippen LogP contribution in [-0.2, 0) is 14.3 Å². The summed E-state index contributed by atoms with van der Waals surface area (Å²) in [6.45, 7) is 1.72. The topological polar surface area (TPSA) is 43.4 Å². The van der Waals surface area contributed by atoms with Gasteiger partial charge in [0.2, 0.25) is 0 Å². The number of benzene rings is 1. The van der Waals surface area contributed by atoms with Gasteiger partial charge in [0.25, 0.3) is 0 Å². The molecule has 0 bridgehead atoms. The predicted molar refractivity (Wildman–Crippen MR) is 66.2 cm³/mol. The lowest BCUT2D eigenvalue weighted by Crippen LogP contribution is -2.09. The van der Waals surface area contributed by atoms with Crippen LogP contribution in [0.4, 0.5) is 4.39 Å². The minimum Gasteiger partial charge on any atom is -0.466 e. The van der Waals surface area contributed by atoms with Crippen LogP contribution in [0.3, 0.4) is 0 Å². The average Bonchev–Trinajstić information content (AvgIpc) is 2.39. The lowest BCUT2D eigenvalue weighted by molar-refractivity contribution is -0.136. The molecular formula is C14H15FO3. The first-order chi connectivity index (χ1) is 8.56. The Hall–Kier alpha value is -1.97. The zero-order chi connectivity index (χ0) is 13.5. The van der Waals surface area contributed by atoms with E-state index >= 15 is 0 Å². The number of methoxy groups -OCH3 is 1. The van der Waals surface area contributed by atoms with Crippen molar-refractivity contribution in [3.05, 3.63) is 41.2 Å². The summed E-state index contributed by atoms with van der Waals surface area (Å²) in [5.41, 5.74) is 1.08. The third-order valence-electron chi connectivity index (χ3n) is 2.43. The van der Waals surface area contributed by atoms with Gasteiger partial charge in [-0.3, -0.25) is 0 Å². The van der Waals surface area contributed by atoms with Crippen LogP contribution in [0, 0.1) is 11.7 Å². The van der Waals surface area contributed by atoms with E-state index in [9.17, 15) is 14.0 Å². The Balaban J connectivity index is 2.97. The Morgan fingerprint density at radius 3 is 2.50 bits per heavy atom. The summed E-state index contributed by atoms with van der Waals surface area (Å²) in [5.74, 6) is -1.09. The van der Waals surface area contributed by atoms with Crippen molar-refractivity contribution in [1.29, 1.82) is 0 Å². The molecule has 0 aliphatic rings. The number of ether oxygens (including phenoxy) is 1. The van der Waals surface area contributed by atoms with E-state index in [-0.39, 0.29) is 11.7 Å². The number of halogens is 1. The van der Waals surface area contributed by atoms with Crippen LogP contribution >= 0.6 is 0 Å². The fourth-order valence-electron chi connectivity index (χ4n) is 1.49. The van der Waals surface area contributed by atoms with Crippen molar-refractivity contribution in [3.63, 3.8) is 0 Å². The van der Waals surface area contributed by atoms with Gasteiger partial charge in [-0.1, -0.05) is 19.1 Å². The van der Waals surface area contributed by atoms with Crippen molar-refractivity contribution in [2.75, 3.05) is 7.11 Å². The molecule has 0 radical (unpaired) electrons. The maximum Gasteiger partial charge on any atom is 0.333 e. The molecule has 18 heavy (non-hydrogen) atoms. The first-order valence-electron chi connectivity index (χ1n) is 5.56. The fourth-order valence-corrected chi connectivity index (χ4v) is 1.49. The van der Waals surface area contributed by atoms with E-state index in [1.807, 2.05) is 0 Å². The smallest absolute Gasteiger partial charge is 0.333 e. The van der Waals surface area contributed by atoms with E-state index in [0.717, 1.165) is 6.29 Å². The molecule has 3 nitrogen and oxygen atoms in total. The summed E-state index contributed by atoms with van der Waals surface area (Å²) >= 11 is 0. The van der Waals surface area contributed by atoms with E-state index < -0.39 is 5.97 Å².